The van der Waals surface area contributed by atoms with Gasteiger partial charge in [-0.15, -0.1) is 5.10 Å². The molecule has 8 heteroatoms. The van der Waals surface area contributed by atoms with Crippen molar-refractivity contribution in [3.63, 3.8) is 0 Å². The molecule has 1 aromatic heterocycles. The molecular formula is C5H9FN4O2S. The smallest absolute Gasteiger partial charge is 0.259 e. The first-order valence-electron chi connectivity index (χ1n) is 3.36. The SMILES string of the molecule is CC(C)(F)c1nc(S(N)(=O)=O)n[nH]1. The van der Waals surface area contributed by atoms with Crippen molar-refractivity contribution in [3.8, 4) is 0 Å². The predicted molar refractivity (Wildman–Crippen MR) is 41.9 cm³/mol. The Bertz CT molecular complexity index is 404. The van der Waals surface area contributed by atoms with Crippen molar-refractivity contribution in [2.45, 2.75) is 24.7 Å². The van der Waals surface area contributed by atoms with Gasteiger partial charge in [-0.25, -0.2) is 17.9 Å². The zero-order valence-electron chi connectivity index (χ0n) is 7.07. The molecule has 0 saturated carbocycles. The molecule has 0 aliphatic carbocycles. The molecule has 6 nitrogen and oxygen atoms in total. The van der Waals surface area contributed by atoms with Crippen molar-refractivity contribution in [2.75, 3.05) is 0 Å². The van der Waals surface area contributed by atoms with Crippen LogP contribution in [0.3, 0.4) is 0 Å². The minimum atomic E-state index is -3.96. The largest absolute Gasteiger partial charge is 0.282 e. The molecule has 0 aliphatic rings. The Labute approximate surface area is 74.4 Å². The van der Waals surface area contributed by atoms with Gasteiger partial charge in [-0.05, 0) is 13.8 Å². The third kappa shape index (κ3) is 2.22. The Morgan fingerprint density at radius 1 is 1.54 bits per heavy atom. The van der Waals surface area contributed by atoms with Gasteiger partial charge in [0.2, 0.25) is 0 Å². The molecule has 0 spiro atoms. The lowest BCUT2D eigenvalue weighted by molar-refractivity contribution is 0.207. The van der Waals surface area contributed by atoms with Crippen LogP contribution in [0.4, 0.5) is 4.39 Å². The molecule has 0 unspecified atom stereocenters. The Morgan fingerprint density at radius 2 is 2.08 bits per heavy atom. The number of aromatic amines is 1. The van der Waals surface area contributed by atoms with Gasteiger partial charge in [-0.3, -0.25) is 5.10 Å². The lowest BCUT2D eigenvalue weighted by Gasteiger charge is -2.07. The van der Waals surface area contributed by atoms with E-state index in [0.29, 0.717) is 0 Å². The second-order valence-corrected chi connectivity index (χ2v) is 4.44. The summed E-state index contributed by atoms with van der Waals surface area (Å²) >= 11 is 0. The summed E-state index contributed by atoms with van der Waals surface area (Å²) < 4.78 is 34.5. The van der Waals surface area contributed by atoms with Crippen LogP contribution in [0.5, 0.6) is 0 Å². The van der Waals surface area contributed by atoms with Gasteiger partial charge < -0.3 is 0 Å². The Kier molecular flexibility index (Phi) is 2.12. The van der Waals surface area contributed by atoms with Crippen LogP contribution in [-0.2, 0) is 15.7 Å². The van der Waals surface area contributed by atoms with Gasteiger partial charge >= 0.3 is 0 Å². The zero-order chi connectivity index (χ0) is 10.3. The molecule has 3 N–H and O–H groups in total. The van der Waals surface area contributed by atoms with E-state index >= 15 is 0 Å². The second kappa shape index (κ2) is 2.74. The molecule has 0 atom stereocenters. The van der Waals surface area contributed by atoms with Crippen molar-refractivity contribution in [2.24, 2.45) is 5.14 Å². The molecule has 0 aromatic carbocycles. The lowest BCUT2D eigenvalue weighted by atomic mass is 10.2. The molecule has 0 bridgehead atoms. The van der Waals surface area contributed by atoms with E-state index in [1.165, 1.54) is 13.8 Å². The Morgan fingerprint density at radius 3 is 2.31 bits per heavy atom. The molecule has 0 aliphatic heterocycles. The van der Waals surface area contributed by atoms with Crippen LogP contribution >= 0.6 is 0 Å². The van der Waals surface area contributed by atoms with Crippen LogP contribution in [0, 0.1) is 0 Å². The molecule has 0 saturated heterocycles. The number of H-pyrrole nitrogens is 1. The number of rotatable bonds is 2. The number of primary sulfonamides is 1. The average molecular weight is 208 g/mol. The van der Waals surface area contributed by atoms with Gasteiger partial charge in [0.15, 0.2) is 11.5 Å². The number of nitrogens with zero attached hydrogens (tertiary/aromatic N) is 2. The van der Waals surface area contributed by atoms with Gasteiger partial charge in [0, 0.05) is 0 Å². The number of halogens is 1. The van der Waals surface area contributed by atoms with Crippen LogP contribution in [-0.4, -0.2) is 23.6 Å². The van der Waals surface area contributed by atoms with Crippen molar-refractivity contribution in [1.29, 1.82) is 0 Å². The number of hydrogen-bond acceptors (Lipinski definition) is 4. The monoisotopic (exact) mass is 208 g/mol. The Hall–Kier alpha value is -1.02. The fourth-order valence-corrected chi connectivity index (χ4v) is 1.03. The van der Waals surface area contributed by atoms with Crippen molar-refractivity contribution < 1.29 is 12.8 Å². The lowest BCUT2D eigenvalue weighted by Crippen LogP contribution is -2.15. The van der Waals surface area contributed by atoms with Crippen LogP contribution in [0.1, 0.15) is 19.7 Å². The summed E-state index contributed by atoms with van der Waals surface area (Å²) in [4.78, 5) is 3.40. The molecule has 0 radical (unpaired) electrons. The van der Waals surface area contributed by atoms with Gasteiger partial charge in [0.1, 0.15) is 0 Å². The number of sulfonamides is 1. The van der Waals surface area contributed by atoms with Crippen LogP contribution in [0.15, 0.2) is 5.16 Å². The maximum atomic E-state index is 13.2. The van der Waals surface area contributed by atoms with E-state index in [2.05, 4.69) is 15.2 Å². The van der Waals surface area contributed by atoms with E-state index in [0.717, 1.165) is 0 Å². The highest BCUT2D eigenvalue weighted by atomic mass is 32.2. The summed E-state index contributed by atoms with van der Waals surface area (Å²) in [6.45, 7) is 2.45. The number of alkyl halides is 1. The highest BCUT2D eigenvalue weighted by Gasteiger charge is 2.26. The molecule has 74 valence electrons. The molecular weight excluding hydrogens is 199 g/mol. The Balaban J connectivity index is 3.16. The maximum Gasteiger partial charge on any atom is 0.282 e. The summed E-state index contributed by atoms with van der Waals surface area (Å²) in [6, 6.07) is 0. The molecule has 13 heavy (non-hydrogen) atoms. The van der Waals surface area contributed by atoms with Crippen LogP contribution < -0.4 is 5.14 Å². The summed E-state index contributed by atoms with van der Waals surface area (Å²) in [7, 11) is -3.96. The number of nitrogens with one attached hydrogen (secondary N) is 1. The van der Waals surface area contributed by atoms with Crippen molar-refractivity contribution in [3.05, 3.63) is 5.82 Å². The van der Waals surface area contributed by atoms with Gasteiger partial charge in [-0.1, -0.05) is 0 Å². The van der Waals surface area contributed by atoms with E-state index in [1.807, 2.05) is 0 Å². The van der Waals surface area contributed by atoms with Crippen LogP contribution in [0.25, 0.3) is 0 Å². The second-order valence-electron chi connectivity index (χ2n) is 2.98. The molecule has 1 heterocycles. The fraction of sp³-hybridized carbons (Fsp3) is 0.600. The third-order valence-corrected chi connectivity index (χ3v) is 1.97. The average Bonchev–Trinajstić information content (AvgIpc) is 2.28. The van der Waals surface area contributed by atoms with E-state index < -0.39 is 20.8 Å². The van der Waals surface area contributed by atoms with Crippen LogP contribution in [0.2, 0.25) is 0 Å². The fourth-order valence-electron chi connectivity index (χ4n) is 0.640. The quantitative estimate of drug-likeness (QED) is 0.693. The highest BCUT2D eigenvalue weighted by molar-refractivity contribution is 7.89. The normalized spacial score (nSPS) is 13.2. The predicted octanol–water partition coefficient (Wildman–Crippen LogP) is -0.343. The summed E-state index contributed by atoms with van der Waals surface area (Å²) in [5.41, 5.74) is -1.77. The number of aromatic nitrogens is 3. The molecule has 1 aromatic rings. The van der Waals surface area contributed by atoms with E-state index in [9.17, 15) is 12.8 Å². The molecule has 0 fully saturated rings. The zero-order valence-corrected chi connectivity index (χ0v) is 7.89. The molecule has 1 rings (SSSR count). The van der Waals surface area contributed by atoms with Crippen molar-refractivity contribution >= 4 is 10.0 Å². The van der Waals surface area contributed by atoms with Gasteiger partial charge in [0.05, 0.1) is 0 Å². The summed E-state index contributed by atoms with van der Waals surface area (Å²) in [5, 5.41) is 9.54. The van der Waals surface area contributed by atoms with E-state index in [-0.39, 0.29) is 5.82 Å². The van der Waals surface area contributed by atoms with Gasteiger partial charge in [0.25, 0.3) is 15.2 Å². The highest BCUT2D eigenvalue weighted by Crippen LogP contribution is 2.20. The minimum Gasteiger partial charge on any atom is -0.259 e. The standard InChI is InChI=1S/C5H9FN4O2S/c1-5(2,6)3-8-4(10-9-3)13(7,11)12/h1-2H3,(H2,7,11,12)(H,8,9,10). The summed E-state index contributed by atoms with van der Waals surface area (Å²) in [5.74, 6) is -0.170. The third-order valence-electron chi connectivity index (χ3n) is 1.28. The van der Waals surface area contributed by atoms with E-state index in [1.54, 1.807) is 0 Å². The number of hydrogen-bond donors (Lipinski definition) is 2. The maximum absolute atomic E-state index is 13.2. The van der Waals surface area contributed by atoms with Gasteiger partial charge in [-0.2, -0.15) is 4.98 Å². The van der Waals surface area contributed by atoms with E-state index in [4.69, 9.17) is 5.14 Å². The number of nitrogens with two attached hydrogens (primary N) is 1. The first-order chi connectivity index (χ1) is 5.71. The minimum absolute atomic E-state index is 0.170. The topological polar surface area (TPSA) is 102 Å². The first-order valence-corrected chi connectivity index (χ1v) is 4.90. The molecule has 0 amide bonds. The van der Waals surface area contributed by atoms with Crippen molar-refractivity contribution in [1.82, 2.24) is 15.2 Å². The first kappa shape index (κ1) is 10.1. The summed E-state index contributed by atoms with van der Waals surface area (Å²) in [6.07, 6.45) is 0.